The van der Waals surface area contributed by atoms with E-state index in [-0.39, 0.29) is 17.5 Å². The highest BCUT2D eigenvalue weighted by molar-refractivity contribution is 6.36. The van der Waals surface area contributed by atoms with Crippen molar-refractivity contribution in [2.45, 2.75) is 6.54 Å². The summed E-state index contributed by atoms with van der Waals surface area (Å²) in [6.45, 7) is 0.234. The molecule has 1 N–H and O–H groups in total. The van der Waals surface area contributed by atoms with Crippen LogP contribution in [-0.4, -0.2) is 12.2 Å². The standard InChI is InChI=1S/C21H14Cl3NO2/c22-17-5-6-18(20(24)10-17)21(27)25-11-16-9-15(4-7-19(16)23)14-3-1-2-13(8-14)12-26/h1-10,12H,11H2,(H,25,27). The Hall–Kier alpha value is -2.33. The Morgan fingerprint density at radius 1 is 0.889 bits per heavy atom. The Morgan fingerprint density at radius 3 is 2.41 bits per heavy atom. The lowest BCUT2D eigenvalue weighted by atomic mass is 10.0. The summed E-state index contributed by atoms with van der Waals surface area (Å²) in [6.07, 6.45) is 0.802. The van der Waals surface area contributed by atoms with E-state index in [9.17, 15) is 9.59 Å². The van der Waals surface area contributed by atoms with Gasteiger partial charge in [-0.25, -0.2) is 0 Å². The van der Waals surface area contributed by atoms with E-state index in [1.165, 1.54) is 6.07 Å². The van der Waals surface area contributed by atoms with Crippen LogP contribution < -0.4 is 5.32 Å². The van der Waals surface area contributed by atoms with E-state index in [0.29, 0.717) is 21.2 Å². The quantitative estimate of drug-likeness (QED) is 0.512. The molecular weight excluding hydrogens is 405 g/mol. The molecule has 1 amide bonds. The van der Waals surface area contributed by atoms with E-state index in [2.05, 4.69) is 5.32 Å². The zero-order valence-corrected chi connectivity index (χ0v) is 16.3. The van der Waals surface area contributed by atoms with Gasteiger partial charge in [0.15, 0.2) is 0 Å². The van der Waals surface area contributed by atoms with Crippen LogP contribution in [0.15, 0.2) is 60.7 Å². The first-order valence-corrected chi connectivity index (χ1v) is 9.18. The molecule has 0 heterocycles. The molecule has 3 aromatic rings. The minimum Gasteiger partial charge on any atom is -0.348 e. The highest BCUT2D eigenvalue weighted by Gasteiger charge is 2.12. The van der Waals surface area contributed by atoms with Crippen LogP contribution in [0.4, 0.5) is 0 Å². The zero-order valence-electron chi connectivity index (χ0n) is 14.0. The second-order valence-corrected chi connectivity index (χ2v) is 7.11. The van der Waals surface area contributed by atoms with Gasteiger partial charge in [0.25, 0.3) is 5.91 Å². The minimum atomic E-state index is -0.318. The van der Waals surface area contributed by atoms with Crippen molar-refractivity contribution >= 4 is 47.0 Å². The molecule has 3 aromatic carbocycles. The lowest BCUT2D eigenvalue weighted by Gasteiger charge is -2.11. The number of nitrogens with one attached hydrogen (secondary N) is 1. The molecule has 0 saturated heterocycles. The van der Waals surface area contributed by atoms with Gasteiger partial charge in [-0.15, -0.1) is 0 Å². The van der Waals surface area contributed by atoms with Crippen molar-refractivity contribution < 1.29 is 9.59 Å². The highest BCUT2D eigenvalue weighted by atomic mass is 35.5. The topological polar surface area (TPSA) is 46.2 Å². The number of halogens is 3. The first kappa shape index (κ1) is 19.4. The van der Waals surface area contributed by atoms with Crippen LogP contribution in [0, 0.1) is 0 Å². The van der Waals surface area contributed by atoms with Crippen molar-refractivity contribution in [3.63, 3.8) is 0 Å². The summed E-state index contributed by atoms with van der Waals surface area (Å²) in [5.74, 6) is -0.318. The molecule has 0 aliphatic carbocycles. The summed E-state index contributed by atoms with van der Waals surface area (Å²) >= 11 is 18.2. The number of aldehydes is 1. The molecule has 27 heavy (non-hydrogen) atoms. The van der Waals surface area contributed by atoms with E-state index >= 15 is 0 Å². The van der Waals surface area contributed by atoms with Gasteiger partial charge in [0, 0.05) is 22.2 Å². The molecule has 3 rings (SSSR count). The van der Waals surface area contributed by atoms with Crippen LogP contribution in [0.5, 0.6) is 0 Å². The molecule has 6 heteroatoms. The van der Waals surface area contributed by atoms with Crippen LogP contribution in [0.1, 0.15) is 26.3 Å². The number of carbonyl (C=O) groups is 2. The number of hydrogen-bond acceptors (Lipinski definition) is 2. The molecule has 0 aliphatic rings. The van der Waals surface area contributed by atoms with Crippen molar-refractivity contribution in [2.75, 3.05) is 0 Å². The van der Waals surface area contributed by atoms with Gasteiger partial charge in [0.1, 0.15) is 6.29 Å². The molecule has 0 radical (unpaired) electrons. The van der Waals surface area contributed by atoms with Gasteiger partial charge in [0.2, 0.25) is 0 Å². The molecule has 0 bridgehead atoms. The van der Waals surface area contributed by atoms with Gasteiger partial charge < -0.3 is 5.32 Å². The third-order valence-corrected chi connectivity index (χ3v) is 4.93. The largest absolute Gasteiger partial charge is 0.348 e. The minimum absolute atomic E-state index is 0.234. The Bertz CT molecular complexity index is 1020. The van der Waals surface area contributed by atoms with Crippen LogP contribution in [-0.2, 0) is 6.54 Å². The SMILES string of the molecule is O=Cc1cccc(-c2ccc(Cl)c(CNC(=O)c3ccc(Cl)cc3Cl)c2)c1. The maximum Gasteiger partial charge on any atom is 0.253 e. The Morgan fingerprint density at radius 2 is 1.67 bits per heavy atom. The van der Waals surface area contributed by atoms with Crippen LogP contribution >= 0.6 is 34.8 Å². The summed E-state index contributed by atoms with van der Waals surface area (Å²) < 4.78 is 0. The number of benzene rings is 3. The smallest absolute Gasteiger partial charge is 0.253 e. The molecular formula is C21H14Cl3NO2. The van der Waals surface area contributed by atoms with Gasteiger partial charge in [-0.05, 0) is 53.1 Å². The lowest BCUT2D eigenvalue weighted by molar-refractivity contribution is 0.0950. The van der Waals surface area contributed by atoms with Crippen molar-refractivity contribution in [3.8, 4) is 11.1 Å². The molecule has 0 saturated carbocycles. The third-order valence-electron chi connectivity index (χ3n) is 4.02. The maximum atomic E-state index is 12.4. The lowest BCUT2D eigenvalue weighted by Crippen LogP contribution is -2.23. The van der Waals surface area contributed by atoms with Crippen LogP contribution in [0.25, 0.3) is 11.1 Å². The Labute approximate surface area is 171 Å². The average molecular weight is 419 g/mol. The zero-order chi connectivity index (χ0) is 19.4. The highest BCUT2D eigenvalue weighted by Crippen LogP contribution is 2.26. The van der Waals surface area contributed by atoms with Crippen molar-refractivity contribution in [1.29, 1.82) is 0 Å². The predicted octanol–water partition coefficient (Wildman–Crippen LogP) is 6.06. The van der Waals surface area contributed by atoms with Gasteiger partial charge >= 0.3 is 0 Å². The van der Waals surface area contributed by atoms with E-state index in [4.69, 9.17) is 34.8 Å². The summed E-state index contributed by atoms with van der Waals surface area (Å²) in [5.41, 5.74) is 3.48. The predicted molar refractivity (Wildman–Crippen MR) is 110 cm³/mol. The van der Waals surface area contributed by atoms with Crippen LogP contribution in [0.3, 0.4) is 0 Å². The normalized spacial score (nSPS) is 10.5. The van der Waals surface area contributed by atoms with Crippen molar-refractivity contribution in [3.05, 3.63) is 92.4 Å². The summed E-state index contributed by atoms with van der Waals surface area (Å²) in [4.78, 5) is 23.4. The number of rotatable bonds is 5. The van der Waals surface area contributed by atoms with Crippen molar-refractivity contribution in [1.82, 2.24) is 5.32 Å². The van der Waals surface area contributed by atoms with E-state index in [1.807, 2.05) is 24.3 Å². The summed E-state index contributed by atoms with van der Waals surface area (Å²) in [7, 11) is 0. The van der Waals surface area contributed by atoms with Gasteiger partial charge in [0.05, 0.1) is 10.6 Å². The molecule has 0 fully saturated rings. The van der Waals surface area contributed by atoms with E-state index in [0.717, 1.165) is 23.0 Å². The van der Waals surface area contributed by atoms with Gasteiger partial charge in [-0.1, -0.05) is 59.1 Å². The molecule has 136 valence electrons. The fourth-order valence-corrected chi connectivity index (χ4v) is 3.30. The monoisotopic (exact) mass is 417 g/mol. The first-order valence-electron chi connectivity index (χ1n) is 8.05. The molecule has 3 nitrogen and oxygen atoms in total. The number of carbonyl (C=O) groups excluding carboxylic acids is 2. The van der Waals surface area contributed by atoms with E-state index < -0.39 is 0 Å². The number of hydrogen-bond donors (Lipinski definition) is 1. The summed E-state index contributed by atoms with van der Waals surface area (Å²) in [6, 6.07) is 17.5. The summed E-state index contributed by atoms with van der Waals surface area (Å²) in [5, 5.41) is 4.09. The van der Waals surface area contributed by atoms with Crippen molar-refractivity contribution in [2.24, 2.45) is 0 Å². The second-order valence-electron chi connectivity index (χ2n) is 5.86. The van der Waals surface area contributed by atoms with Gasteiger partial charge in [-0.3, -0.25) is 9.59 Å². The molecule has 0 atom stereocenters. The third kappa shape index (κ3) is 4.69. The number of amides is 1. The molecule has 0 unspecified atom stereocenters. The maximum absolute atomic E-state index is 12.4. The van der Waals surface area contributed by atoms with E-state index in [1.54, 1.807) is 30.3 Å². The Kier molecular flexibility index (Phi) is 6.17. The molecule has 0 aromatic heterocycles. The fraction of sp³-hybridized carbons (Fsp3) is 0.0476. The first-order chi connectivity index (χ1) is 13.0. The average Bonchev–Trinajstić information content (AvgIpc) is 2.67. The molecule has 0 aliphatic heterocycles. The van der Waals surface area contributed by atoms with Crippen LogP contribution in [0.2, 0.25) is 15.1 Å². The fourth-order valence-electron chi connectivity index (χ4n) is 2.63. The Balaban J connectivity index is 1.80. The van der Waals surface area contributed by atoms with Gasteiger partial charge in [-0.2, -0.15) is 0 Å². The molecule has 0 spiro atoms. The second kappa shape index (κ2) is 8.57.